The Morgan fingerprint density at radius 1 is 0.654 bits per heavy atom. The molecular weight excluding hydrogens is 553 g/mol. The Balaban J connectivity index is 2.10. The second kappa shape index (κ2) is 19.9. The van der Waals surface area contributed by atoms with Crippen molar-refractivity contribution in [2.24, 2.45) is 0 Å². The maximum absolute atomic E-state index is 4.35. The average Bonchev–Trinajstić information content (AvgIpc) is 2.64. The van der Waals surface area contributed by atoms with Crippen molar-refractivity contribution in [2.45, 2.75) is 19.7 Å². The lowest BCUT2D eigenvalue weighted by molar-refractivity contribution is 1.06. The minimum atomic E-state index is 0.638. The van der Waals surface area contributed by atoms with Gasteiger partial charge in [0.2, 0.25) is 0 Å². The Kier molecular flexibility index (Phi) is 21.6. The molecule has 2 unspecified atom stereocenters. The molecule has 2 atom stereocenters. The predicted molar refractivity (Wildman–Crippen MR) is 160 cm³/mol. The fourth-order valence-corrected chi connectivity index (χ4v) is 15.8. The molecule has 0 saturated carbocycles. The minimum absolute atomic E-state index is 0.638. The standard InChI is InChI=1S/C14H28S12/c15-7-23-13(24-8-16)5-19-1-11-3-22-12(4-21-11)2-20-6-14(25-9-17)26-10-18/h11-18H,1-10H2. The highest BCUT2D eigenvalue weighted by Crippen LogP contribution is 2.36. The van der Waals surface area contributed by atoms with Crippen LogP contribution in [0.2, 0.25) is 0 Å². The molecule has 26 heavy (non-hydrogen) atoms. The fraction of sp³-hybridized carbons (Fsp3) is 1.00. The zero-order chi connectivity index (χ0) is 19.0. The van der Waals surface area contributed by atoms with Crippen LogP contribution in [0, 0.1) is 0 Å². The van der Waals surface area contributed by atoms with E-state index >= 15 is 0 Å². The van der Waals surface area contributed by atoms with E-state index in [-0.39, 0.29) is 0 Å². The van der Waals surface area contributed by atoms with Crippen LogP contribution in [-0.2, 0) is 0 Å². The zero-order valence-electron chi connectivity index (χ0n) is 14.4. The largest absolute Gasteiger partial charge is 0.168 e. The molecule has 0 aromatic rings. The molecule has 0 amide bonds. The normalized spacial score (nSPS) is 21.0. The summed E-state index contributed by atoms with van der Waals surface area (Å²) in [4.78, 5) is 0. The Morgan fingerprint density at radius 3 is 1.27 bits per heavy atom. The first-order chi connectivity index (χ1) is 12.7. The van der Waals surface area contributed by atoms with E-state index in [1.807, 2.05) is 47.0 Å². The van der Waals surface area contributed by atoms with Gasteiger partial charge in [0.15, 0.2) is 0 Å². The van der Waals surface area contributed by atoms with Crippen molar-refractivity contribution >= 4 is 145 Å². The molecule has 0 spiro atoms. The monoisotopic (exact) mass is 580 g/mol. The number of rotatable bonds is 16. The Hall–Kier alpha value is 4.20. The Morgan fingerprint density at radius 2 is 1.00 bits per heavy atom. The van der Waals surface area contributed by atoms with Crippen LogP contribution in [0.15, 0.2) is 0 Å². The van der Waals surface area contributed by atoms with Crippen molar-refractivity contribution in [2.75, 3.05) is 54.9 Å². The molecule has 0 nitrogen and oxygen atoms in total. The van der Waals surface area contributed by atoms with Crippen LogP contribution >= 0.6 is 145 Å². The lowest BCUT2D eigenvalue weighted by Crippen LogP contribution is -2.25. The van der Waals surface area contributed by atoms with Gasteiger partial charge in [-0.2, -0.15) is 97.6 Å². The van der Waals surface area contributed by atoms with Crippen LogP contribution in [0.4, 0.5) is 0 Å². The van der Waals surface area contributed by atoms with Gasteiger partial charge in [-0.1, -0.05) is 0 Å². The second-order valence-corrected chi connectivity index (χ2v) is 18.2. The summed E-state index contributed by atoms with van der Waals surface area (Å²) in [6, 6.07) is 0. The molecule has 0 aromatic carbocycles. The summed E-state index contributed by atoms with van der Waals surface area (Å²) in [6.07, 6.45) is 0. The van der Waals surface area contributed by atoms with Crippen molar-refractivity contribution < 1.29 is 0 Å². The first-order valence-corrected chi connectivity index (χ1v) is 19.1. The van der Waals surface area contributed by atoms with Gasteiger partial charge in [0.25, 0.3) is 0 Å². The lowest BCUT2D eigenvalue weighted by atomic mass is 10.5. The minimum Gasteiger partial charge on any atom is -0.168 e. The molecule has 156 valence electrons. The van der Waals surface area contributed by atoms with Crippen molar-refractivity contribution in [1.29, 1.82) is 0 Å². The summed E-state index contributed by atoms with van der Waals surface area (Å²) in [7, 11) is 0. The quantitative estimate of drug-likeness (QED) is 0.115. The highest BCUT2D eigenvalue weighted by Gasteiger charge is 2.23. The third-order valence-electron chi connectivity index (χ3n) is 3.19. The van der Waals surface area contributed by atoms with Crippen LogP contribution in [0.3, 0.4) is 0 Å². The van der Waals surface area contributed by atoms with E-state index in [1.54, 1.807) is 0 Å². The summed E-state index contributed by atoms with van der Waals surface area (Å²) < 4.78 is 1.28. The molecule has 1 aliphatic heterocycles. The smallest absolute Gasteiger partial charge is 0.0609 e. The number of hydrogen-bond donors (Lipinski definition) is 4. The van der Waals surface area contributed by atoms with Gasteiger partial charge in [0, 0.05) is 65.4 Å². The van der Waals surface area contributed by atoms with Gasteiger partial charge < -0.3 is 0 Å². The fourth-order valence-electron chi connectivity index (χ4n) is 1.99. The summed E-state index contributed by atoms with van der Waals surface area (Å²) in [5, 5.41) is 5.25. The summed E-state index contributed by atoms with van der Waals surface area (Å²) in [5.41, 5.74) is 0. The molecule has 12 heteroatoms. The van der Waals surface area contributed by atoms with E-state index in [0.29, 0.717) is 9.16 Å². The third kappa shape index (κ3) is 14.3. The molecule has 1 rings (SSSR count). The topological polar surface area (TPSA) is 0 Å². The Labute approximate surface area is 216 Å². The van der Waals surface area contributed by atoms with E-state index in [9.17, 15) is 0 Å². The molecule has 0 radical (unpaired) electrons. The Bertz CT molecular complexity index is 270. The average molecular weight is 581 g/mol. The van der Waals surface area contributed by atoms with E-state index in [2.05, 4.69) is 97.6 Å². The van der Waals surface area contributed by atoms with Gasteiger partial charge in [0.1, 0.15) is 0 Å². The van der Waals surface area contributed by atoms with E-state index in [1.165, 1.54) is 34.5 Å². The maximum atomic E-state index is 4.35. The second-order valence-electron chi connectivity index (χ2n) is 5.03. The van der Waals surface area contributed by atoms with E-state index in [0.717, 1.165) is 30.8 Å². The zero-order valence-corrected chi connectivity index (χ0v) is 24.5. The third-order valence-corrected chi connectivity index (χ3v) is 16.3. The molecule has 1 heterocycles. The van der Waals surface area contributed by atoms with E-state index in [4.69, 9.17) is 0 Å². The number of thioether (sulfide) groups is 8. The van der Waals surface area contributed by atoms with Crippen molar-refractivity contribution in [1.82, 2.24) is 0 Å². The van der Waals surface area contributed by atoms with Crippen LogP contribution in [0.25, 0.3) is 0 Å². The molecule has 1 saturated heterocycles. The molecular formula is C14H28S12. The predicted octanol–water partition coefficient (Wildman–Crippen LogP) is 6.80. The summed E-state index contributed by atoms with van der Waals surface area (Å²) in [6.45, 7) is 0. The van der Waals surface area contributed by atoms with Gasteiger partial charge in [0.05, 0.1) is 9.16 Å². The molecule has 1 aliphatic rings. The number of thiol groups is 4. The maximum Gasteiger partial charge on any atom is 0.0609 e. The van der Waals surface area contributed by atoms with Crippen LogP contribution in [-0.4, -0.2) is 74.5 Å². The van der Waals surface area contributed by atoms with Crippen molar-refractivity contribution in [3.8, 4) is 0 Å². The molecule has 0 N–H and O–H groups in total. The van der Waals surface area contributed by atoms with Crippen molar-refractivity contribution in [3.63, 3.8) is 0 Å². The van der Waals surface area contributed by atoms with Gasteiger partial charge >= 0.3 is 0 Å². The molecule has 0 bridgehead atoms. The first kappa shape index (κ1) is 28.2. The van der Waals surface area contributed by atoms with Gasteiger partial charge in [-0.3, -0.25) is 0 Å². The van der Waals surface area contributed by atoms with Crippen LogP contribution in [0.5, 0.6) is 0 Å². The van der Waals surface area contributed by atoms with Crippen LogP contribution in [0.1, 0.15) is 0 Å². The van der Waals surface area contributed by atoms with Gasteiger partial charge in [-0.05, 0) is 0 Å². The SMILES string of the molecule is SCSC(CSCC1CSC(CSCC(SCS)SCS)CS1)SCS. The van der Waals surface area contributed by atoms with Gasteiger partial charge in [-0.25, -0.2) is 0 Å². The van der Waals surface area contributed by atoms with E-state index < -0.39 is 0 Å². The number of hydrogen-bond acceptors (Lipinski definition) is 12. The molecule has 0 aliphatic carbocycles. The molecule has 0 aromatic heterocycles. The highest BCUT2D eigenvalue weighted by molar-refractivity contribution is 8.24. The molecule has 1 fully saturated rings. The van der Waals surface area contributed by atoms with Gasteiger partial charge in [-0.15, -0.1) is 47.0 Å². The first-order valence-electron chi connectivity index (χ1n) is 8.02. The lowest BCUT2D eigenvalue weighted by Gasteiger charge is -2.28. The van der Waals surface area contributed by atoms with Crippen LogP contribution < -0.4 is 0 Å². The van der Waals surface area contributed by atoms with Crippen molar-refractivity contribution in [3.05, 3.63) is 0 Å². The summed E-state index contributed by atoms with van der Waals surface area (Å²) in [5.74, 6) is 7.62. The summed E-state index contributed by atoms with van der Waals surface area (Å²) >= 11 is 33.7. The highest BCUT2D eigenvalue weighted by atomic mass is 32.2.